The molecule has 1 amide bonds. The monoisotopic (exact) mass is 435 g/mol. The van der Waals surface area contributed by atoms with Crippen molar-refractivity contribution in [2.45, 2.75) is 19.5 Å². The van der Waals surface area contributed by atoms with Gasteiger partial charge in [0.2, 0.25) is 5.91 Å². The number of benzene rings is 1. The number of nitrogens with two attached hydrogens (primary N) is 1. The molecule has 1 aliphatic rings. The number of aromatic nitrogens is 3. The Bertz CT molecular complexity index is 1220. The van der Waals surface area contributed by atoms with Gasteiger partial charge in [-0.2, -0.15) is 13.9 Å². The Morgan fingerprint density at radius 1 is 1.27 bits per heavy atom. The Kier molecular flexibility index (Phi) is 5.31. The summed E-state index contributed by atoms with van der Waals surface area (Å²) in [5.41, 5.74) is 5.84. The van der Waals surface area contributed by atoms with Crippen molar-refractivity contribution in [3.05, 3.63) is 69.0 Å². The first-order valence-electron chi connectivity index (χ1n) is 8.92. The second kappa shape index (κ2) is 7.92. The fourth-order valence-corrected chi connectivity index (χ4v) is 4.19. The normalized spacial score (nSPS) is 12.7. The molecule has 1 aromatic carbocycles. The number of fused-ring (bicyclic) bond motifs is 1. The zero-order chi connectivity index (χ0) is 21.4. The van der Waals surface area contributed by atoms with Crippen LogP contribution in [-0.2, 0) is 24.3 Å². The number of hydrogen-bond donors (Lipinski definition) is 2. The SMILES string of the molecule is NCC(Cn1ncn(Cc2ccc(-c3cc(F)c4c(c3)CC(=O)N4)s2)c1=O)=C(F)F. The van der Waals surface area contributed by atoms with Crippen LogP contribution in [0.15, 0.2) is 47.0 Å². The molecule has 4 rings (SSSR count). The molecule has 7 nitrogen and oxygen atoms in total. The standard InChI is InChI=1S/C19H16F3N5O2S/c20-14-4-10(3-11-5-16(28)25-17(11)14)15-2-1-13(30-15)8-26-9-24-27(19(26)29)7-12(6-23)18(21)22/h1-4,9H,5-8,23H2,(H,25,28). The number of hydrogen-bond acceptors (Lipinski definition) is 5. The third kappa shape index (κ3) is 3.81. The topological polar surface area (TPSA) is 94.9 Å². The maximum atomic E-state index is 14.3. The summed E-state index contributed by atoms with van der Waals surface area (Å²) < 4.78 is 42.0. The quantitative estimate of drug-likeness (QED) is 0.622. The summed E-state index contributed by atoms with van der Waals surface area (Å²) in [5, 5.41) is 6.36. The maximum Gasteiger partial charge on any atom is 0.346 e. The average molecular weight is 435 g/mol. The Morgan fingerprint density at radius 3 is 2.80 bits per heavy atom. The molecule has 0 saturated carbocycles. The van der Waals surface area contributed by atoms with Crippen molar-refractivity contribution < 1.29 is 18.0 Å². The minimum absolute atomic E-state index is 0.131. The Morgan fingerprint density at radius 2 is 2.07 bits per heavy atom. The van der Waals surface area contributed by atoms with E-state index in [0.29, 0.717) is 11.1 Å². The predicted octanol–water partition coefficient (Wildman–Crippen LogP) is 2.56. The molecular formula is C19H16F3N5O2S. The number of thiophene rings is 1. The van der Waals surface area contributed by atoms with Crippen molar-refractivity contribution in [3.8, 4) is 10.4 Å². The van der Waals surface area contributed by atoms with Crippen molar-refractivity contribution >= 4 is 22.9 Å². The van der Waals surface area contributed by atoms with Gasteiger partial charge in [-0.15, -0.1) is 11.3 Å². The molecule has 3 heterocycles. The largest absolute Gasteiger partial charge is 0.346 e. The van der Waals surface area contributed by atoms with Crippen LogP contribution in [0, 0.1) is 5.82 Å². The van der Waals surface area contributed by atoms with Crippen LogP contribution in [0.5, 0.6) is 0 Å². The maximum absolute atomic E-state index is 14.3. The second-order valence-corrected chi connectivity index (χ2v) is 7.92. The highest BCUT2D eigenvalue weighted by Crippen LogP contribution is 2.35. The van der Waals surface area contributed by atoms with Gasteiger partial charge in [-0.3, -0.25) is 9.36 Å². The van der Waals surface area contributed by atoms with Gasteiger partial charge in [0.1, 0.15) is 12.1 Å². The van der Waals surface area contributed by atoms with Crippen LogP contribution in [0.2, 0.25) is 0 Å². The van der Waals surface area contributed by atoms with E-state index in [-0.39, 0.29) is 43.2 Å². The molecule has 0 bridgehead atoms. The molecule has 3 N–H and O–H groups in total. The fourth-order valence-electron chi connectivity index (χ4n) is 3.20. The summed E-state index contributed by atoms with van der Waals surface area (Å²) in [6.07, 6.45) is -0.510. The molecule has 1 aliphatic heterocycles. The Hall–Kier alpha value is -3.18. The van der Waals surface area contributed by atoms with Crippen molar-refractivity contribution in [3.63, 3.8) is 0 Å². The molecule has 0 atom stereocenters. The van der Waals surface area contributed by atoms with E-state index in [0.717, 1.165) is 14.4 Å². The molecule has 0 saturated heterocycles. The van der Waals surface area contributed by atoms with E-state index in [2.05, 4.69) is 10.4 Å². The minimum atomic E-state index is -1.92. The van der Waals surface area contributed by atoms with E-state index in [1.807, 2.05) is 0 Å². The first-order valence-corrected chi connectivity index (χ1v) is 9.74. The molecule has 156 valence electrons. The highest BCUT2D eigenvalue weighted by Gasteiger charge is 2.22. The molecular weight excluding hydrogens is 419 g/mol. The predicted molar refractivity (Wildman–Crippen MR) is 106 cm³/mol. The van der Waals surface area contributed by atoms with Gasteiger partial charge in [-0.1, -0.05) is 0 Å². The minimum Gasteiger partial charge on any atom is -0.327 e. The number of nitrogens with zero attached hydrogens (tertiary/aromatic N) is 3. The number of carbonyl (C=O) groups excluding carboxylic acids is 1. The van der Waals surface area contributed by atoms with Crippen LogP contribution in [-0.4, -0.2) is 26.8 Å². The van der Waals surface area contributed by atoms with Crippen molar-refractivity contribution in [2.75, 3.05) is 11.9 Å². The molecule has 30 heavy (non-hydrogen) atoms. The molecule has 0 aliphatic carbocycles. The van der Waals surface area contributed by atoms with Crippen LogP contribution in [0.3, 0.4) is 0 Å². The van der Waals surface area contributed by atoms with Gasteiger partial charge in [0, 0.05) is 21.9 Å². The number of amides is 1. The number of halogens is 3. The van der Waals surface area contributed by atoms with Gasteiger partial charge < -0.3 is 11.1 Å². The Balaban J connectivity index is 1.55. The fraction of sp³-hybridized carbons (Fsp3) is 0.211. The number of nitrogens with one attached hydrogen (secondary N) is 1. The first-order chi connectivity index (χ1) is 14.4. The summed E-state index contributed by atoms with van der Waals surface area (Å²) in [7, 11) is 0. The van der Waals surface area contributed by atoms with E-state index >= 15 is 0 Å². The summed E-state index contributed by atoms with van der Waals surface area (Å²) in [4.78, 5) is 25.5. The number of carbonyl (C=O) groups is 1. The van der Waals surface area contributed by atoms with E-state index in [1.54, 1.807) is 18.2 Å². The molecule has 3 aromatic rings. The highest BCUT2D eigenvalue weighted by atomic mass is 32.1. The van der Waals surface area contributed by atoms with Gasteiger partial charge in [0.15, 0.2) is 0 Å². The summed E-state index contributed by atoms with van der Waals surface area (Å²) in [6, 6.07) is 6.72. The van der Waals surface area contributed by atoms with Crippen LogP contribution in [0.1, 0.15) is 10.4 Å². The van der Waals surface area contributed by atoms with Gasteiger partial charge >= 0.3 is 5.69 Å². The summed E-state index contributed by atoms with van der Waals surface area (Å²) >= 11 is 1.36. The second-order valence-electron chi connectivity index (χ2n) is 6.75. The lowest BCUT2D eigenvalue weighted by atomic mass is 10.1. The first kappa shape index (κ1) is 20.1. The van der Waals surface area contributed by atoms with E-state index in [1.165, 1.54) is 28.3 Å². The van der Waals surface area contributed by atoms with Crippen LogP contribution in [0.4, 0.5) is 18.9 Å². The lowest BCUT2D eigenvalue weighted by Gasteiger charge is -2.04. The molecule has 0 radical (unpaired) electrons. The molecule has 2 aromatic heterocycles. The third-order valence-corrected chi connectivity index (χ3v) is 5.83. The smallest absolute Gasteiger partial charge is 0.327 e. The van der Waals surface area contributed by atoms with Crippen LogP contribution < -0.4 is 16.7 Å². The summed E-state index contributed by atoms with van der Waals surface area (Å²) in [6.45, 7) is -0.549. The van der Waals surface area contributed by atoms with E-state index in [9.17, 15) is 22.8 Å². The van der Waals surface area contributed by atoms with Gasteiger partial charge in [0.05, 0.1) is 25.2 Å². The van der Waals surface area contributed by atoms with Gasteiger partial charge in [-0.05, 0) is 35.4 Å². The highest BCUT2D eigenvalue weighted by molar-refractivity contribution is 7.15. The van der Waals surface area contributed by atoms with Gasteiger partial charge in [0.25, 0.3) is 6.08 Å². The number of anilines is 1. The Labute approximate surface area is 172 Å². The van der Waals surface area contributed by atoms with Crippen molar-refractivity contribution in [1.29, 1.82) is 0 Å². The number of rotatable bonds is 6. The van der Waals surface area contributed by atoms with Crippen LogP contribution in [0.25, 0.3) is 10.4 Å². The van der Waals surface area contributed by atoms with Gasteiger partial charge in [-0.25, -0.2) is 13.9 Å². The zero-order valence-electron chi connectivity index (χ0n) is 15.5. The average Bonchev–Trinajstić information content (AvgIpc) is 3.40. The molecule has 0 spiro atoms. The molecule has 0 fully saturated rings. The van der Waals surface area contributed by atoms with E-state index < -0.39 is 17.6 Å². The molecule has 0 unspecified atom stereocenters. The zero-order valence-corrected chi connectivity index (χ0v) is 16.3. The lowest BCUT2D eigenvalue weighted by molar-refractivity contribution is -0.115. The van der Waals surface area contributed by atoms with E-state index in [4.69, 9.17) is 5.73 Å². The van der Waals surface area contributed by atoms with Crippen LogP contribution >= 0.6 is 11.3 Å². The summed E-state index contributed by atoms with van der Waals surface area (Å²) in [5.74, 6) is -0.741. The van der Waals surface area contributed by atoms with Crippen molar-refractivity contribution in [1.82, 2.24) is 14.3 Å². The lowest BCUT2D eigenvalue weighted by Crippen LogP contribution is -2.27. The molecule has 11 heteroatoms. The van der Waals surface area contributed by atoms with Crippen molar-refractivity contribution in [2.24, 2.45) is 5.73 Å². The third-order valence-electron chi connectivity index (χ3n) is 4.71.